The first kappa shape index (κ1) is 12.7. The molecule has 0 bridgehead atoms. The van der Waals surface area contributed by atoms with Gasteiger partial charge >= 0.3 is 58.4 Å². The van der Waals surface area contributed by atoms with Gasteiger partial charge in [0.2, 0.25) is 0 Å². The van der Waals surface area contributed by atoms with Crippen LogP contribution in [-0.4, -0.2) is 13.0 Å². The zero-order valence-electron chi connectivity index (χ0n) is 7.66. The van der Waals surface area contributed by atoms with E-state index in [1.165, 1.54) is 0 Å². The fraction of sp³-hybridized carbons (Fsp3) is 0.250. The Kier molecular flexibility index (Phi) is 4.25. The average Bonchev–Trinajstić information content (AvgIpc) is 2.83. The molecule has 0 spiro atoms. The van der Waals surface area contributed by atoms with Crippen LogP contribution in [0.4, 0.5) is 12.9 Å². The third kappa shape index (κ3) is 2.84. The summed E-state index contributed by atoms with van der Waals surface area (Å²) in [7, 11) is 0. The quantitative estimate of drug-likeness (QED) is 0.490. The SMILES string of the molecule is F[B-](F)(F)[C@H]1O[C@H]1c1ccccc1.[K+]. The molecule has 1 aromatic carbocycles. The Morgan fingerprint density at radius 2 is 1.64 bits per heavy atom. The van der Waals surface area contributed by atoms with Crippen LogP contribution >= 0.6 is 0 Å². The molecule has 0 N–H and O–H groups in total. The summed E-state index contributed by atoms with van der Waals surface area (Å²) < 4.78 is 40.9. The number of hydrogen-bond acceptors (Lipinski definition) is 1. The molecule has 0 aliphatic carbocycles. The van der Waals surface area contributed by atoms with E-state index in [0.717, 1.165) is 0 Å². The maximum Gasteiger partial charge on any atom is 1.00 e. The summed E-state index contributed by atoms with van der Waals surface area (Å²) in [6.45, 7) is -4.85. The van der Waals surface area contributed by atoms with E-state index in [2.05, 4.69) is 4.74 Å². The van der Waals surface area contributed by atoms with E-state index >= 15 is 0 Å². The summed E-state index contributed by atoms with van der Waals surface area (Å²) in [6.07, 6.45) is -0.763. The van der Waals surface area contributed by atoms with Crippen LogP contribution in [0.25, 0.3) is 0 Å². The normalized spacial score (nSPS) is 25.4. The van der Waals surface area contributed by atoms with E-state index in [1.807, 2.05) is 0 Å². The zero-order valence-corrected chi connectivity index (χ0v) is 10.8. The molecule has 70 valence electrons. The van der Waals surface area contributed by atoms with E-state index in [-0.39, 0.29) is 51.4 Å². The molecule has 6 heteroatoms. The second-order valence-electron chi connectivity index (χ2n) is 3.06. The summed E-state index contributed by atoms with van der Waals surface area (Å²) in [6, 6.07) is 6.93. The van der Waals surface area contributed by atoms with Crippen LogP contribution in [0.2, 0.25) is 0 Å². The fourth-order valence-corrected chi connectivity index (χ4v) is 1.32. The molecule has 14 heavy (non-hydrogen) atoms. The van der Waals surface area contributed by atoms with E-state index in [4.69, 9.17) is 0 Å². The summed E-state index contributed by atoms with van der Waals surface area (Å²) in [5.41, 5.74) is 0.603. The minimum atomic E-state index is -4.85. The molecule has 1 heterocycles. The standard InChI is InChI=1S/C8H7BF3O.K/c10-9(11,12)8-7(13-8)6-4-2-1-3-5-6;/h1-5,7-8H;/q-1;+1/t7-,8-;/m0./s1. The van der Waals surface area contributed by atoms with Gasteiger partial charge in [-0.2, -0.15) is 0 Å². The molecule has 2 rings (SSSR count). The maximum atomic E-state index is 12.1. The summed E-state index contributed by atoms with van der Waals surface area (Å²) >= 11 is 0. The van der Waals surface area contributed by atoms with Gasteiger partial charge in [0.15, 0.2) is 0 Å². The van der Waals surface area contributed by atoms with Gasteiger partial charge in [-0.05, 0) is 5.56 Å². The minimum Gasteiger partial charge on any atom is -0.447 e. The van der Waals surface area contributed by atoms with Gasteiger partial charge < -0.3 is 17.7 Å². The van der Waals surface area contributed by atoms with Gasteiger partial charge in [0.05, 0.1) is 12.1 Å². The number of rotatable bonds is 2. The Bertz CT molecular complexity index is 303. The van der Waals surface area contributed by atoms with E-state index in [1.54, 1.807) is 30.3 Å². The molecule has 1 saturated heterocycles. The van der Waals surface area contributed by atoms with Crippen molar-refractivity contribution in [1.82, 2.24) is 0 Å². The largest absolute Gasteiger partial charge is 1.00 e. The second kappa shape index (κ2) is 4.67. The van der Waals surface area contributed by atoms with Gasteiger partial charge in [0, 0.05) is 0 Å². The number of epoxide rings is 1. The van der Waals surface area contributed by atoms with Gasteiger partial charge in [-0.15, -0.1) is 0 Å². The van der Waals surface area contributed by atoms with Crippen LogP contribution < -0.4 is 51.4 Å². The molecule has 0 amide bonds. The first-order chi connectivity index (χ1) is 6.09. The molecule has 1 aliphatic rings. The first-order valence-electron chi connectivity index (χ1n) is 3.99. The predicted octanol–water partition coefficient (Wildman–Crippen LogP) is -0.483. The number of hydrogen-bond donors (Lipinski definition) is 0. The van der Waals surface area contributed by atoms with Crippen molar-refractivity contribution in [3.05, 3.63) is 35.9 Å². The minimum absolute atomic E-state index is 0. The Labute approximate surface area is 122 Å². The molecule has 0 radical (unpaired) electrons. The van der Waals surface area contributed by atoms with Gasteiger partial charge in [-0.1, -0.05) is 30.3 Å². The van der Waals surface area contributed by atoms with Crippen molar-refractivity contribution in [3.8, 4) is 0 Å². The summed E-state index contributed by atoms with van der Waals surface area (Å²) in [4.78, 5) is 0. The van der Waals surface area contributed by atoms with Crippen LogP contribution in [-0.2, 0) is 4.74 Å². The molecule has 1 fully saturated rings. The van der Waals surface area contributed by atoms with Crippen molar-refractivity contribution >= 4 is 6.98 Å². The van der Waals surface area contributed by atoms with Crippen molar-refractivity contribution in [1.29, 1.82) is 0 Å². The van der Waals surface area contributed by atoms with Crippen molar-refractivity contribution in [3.63, 3.8) is 0 Å². The third-order valence-electron chi connectivity index (χ3n) is 2.03. The van der Waals surface area contributed by atoms with Gasteiger partial charge in [-0.25, -0.2) is 0 Å². The summed E-state index contributed by atoms with van der Waals surface area (Å²) in [5, 5.41) is 0. The molecule has 1 aromatic rings. The van der Waals surface area contributed by atoms with E-state index < -0.39 is 19.1 Å². The molecule has 1 nitrogen and oxygen atoms in total. The molecular formula is C8H7BF3KO. The molecular weight excluding hydrogens is 219 g/mol. The number of benzene rings is 1. The third-order valence-corrected chi connectivity index (χ3v) is 2.03. The van der Waals surface area contributed by atoms with Crippen LogP contribution in [0.3, 0.4) is 0 Å². The maximum absolute atomic E-state index is 12.1. The van der Waals surface area contributed by atoms with Crippen molar-refractivity contribution in [2.45, 2.75) is 12.1 Å². The fourth-order valence-electron chi connectivity index (χ4n) is 1.32. The molecule has 2 atom stereocenters. The number of halogens is 3. The number of ether oxygens (including phenoxy) is 1. The topological polar surface area (TPSA) is 12.5 Å². The van der Waals surface area contributed by atoms with Gasteiger partial charge in [-0.3, -0.25) is 0 Å². The van der Waals surface area contributed by atoms with Crippen LogP contribution in [0.5, 0.6) is 0 Å². The Morgan fingerprint density at radius 3 is 2.07 bits per heavy atom. The molecule has 0 aromatic heterocycles. The monoisotopic (exact) mass is 226 g/mol. The molecule has 0 unspecified atom stereocenters. The Hall–Kier alpha value is 0.671. The average molecular weight is 226 g/mol. The van der Waals surface area contributed by atoms with Crippen LogP contribution in [0, 0.1) is 0 Å². The predicted molar refractivity (Wildman–Crippen MR) is 43.1 cm³/mol. The van der Waals surface area contributed by atoms with Gasteiger partial charge in [0.25, 0.3) is 0 Å². The Balaban J connectivity index is 0.000000980. The Morgan fingerprint density at radius 1 is 1.07 bits per heavy atom. The smallest absolute Gasteiger partial charge is 0.447 e. The van der Waals surface area contributed by atoms with E-state index in [0.29, 0.717) is 5.56 Å². The van der Waals surface area contributed by atoms with Crippen molar-refractivity contribution in [2.75, 3.05) is 0 Å². The molecule has 1 aliphatic heterocycles. The zero-order chi connectivity index (χ0) is 9.47. The first-order valence-corrected chi connectivity index (χ1v) is 3.99. The van der Waals surface area contributed by atoms with Crippen LogP contribution in [0.1, 0.15) is 11.7 Å². The summed E-state index contributed by atoms with van der Waals surface area (Å²) in [5.74, 6) is 0. The second-order valence-corrected chi connectivity index (χ2v) is 3.06. The molecule has 0 saturated carbocycles. The van der Waals surface area contributed by atoms with Crippen molar-refractivity contribution in [2.24, 2.45) is 0 Å². The van der Waals surface area contributed by atoms with E-state index in [9.17, 15) is 12.9 Å². The van der Waals surface area contributed by atoms with Crippen LogP contribution in [0.15, 0.2) is 30.3 Å². The van der Waals surface area contributed by atoms with Crippen molar-refractivity contribution < 1.29 is 69.1 Å². The van der Waals surface area contributed by atoms with Gasteiger partial charge in [0.1, 0.15) is 0 Å².